The average Bonchev–Trinajstić information content (AvgIpc) is 2.82. The number of carbonyl (C=O) groups is 3. The first-order valence-electron chi connectivity index (χ1n) is 10.6. The molecule has 0 saturated carbocycles. The number of carbonyl (C=O) groups excluding carboxylic acids is 3. The summed E-state index contributed by atoms with van der Waals surface area (Å²) in [4.78, 5) is 47.5. The summed E-state index contributed by atoms with van der Waals surface area (Å²) < 4.78 is 32.5. The summed E-state index contributed by atoms with van der Waals surface area (Å²) in [5.74, 6) is -1.82. The van der Waals surface area contributed by atoms with Gasteiger partial charge in [0.05, 0.1) is 23.5 Å². The number of benzene rings is 2. The zero-order chi connectivity index (χ0) is 26.9. The van der Waals surface area contributed by atoms with Crippen molar-refractivity contribution in [1.29, 1.82) is 0 Å². The van der Waals surface area contributed by atoms with Crippen molar-refractivity contribution in [3.63, 3.8) is 0 Å². The van der Waals surface area contributed by atoms with E-state index < -0.39 is 38.8 Å². The summed E-state index contributed by atoms with van der Waals surface area (Å²) in [7, 11) is -2.58. The quantitative estimate of drug-likeness (QED) is 0.209. The van der Waals surface area contributed by atoms with Gasteiger partial charge in [-0.05, 0) is 42.8 Å². The third-order valence-corrected chi connectivity index (χ3v) is 5.76. The van der Waals surface area contributed by atoms with Gasteiger partial charge in [0, 0.05) is 31.0 Å². The van der Waals surface area contributed by atoms with Gasteiger partial charge < -0.3 is 20.1 Å². The smallest absolute Gasteiger partial charge is 0.328 e. The van der Waals surface area contributed by atoms with E-state index in [0.29, 0.717) is 11.3 Å². The molecule has 0 aliphatic carbocycles. The number of methoxy groups -OCH3 is 1. The van der Waals surface area contributed by atoms with Crippen LogP contribution < -0.4 is 20.5 Å². The molecule has 194 valence electrons. The molecule has 2 rings (SSSR count). The number of nitrogens with one attached hydrogen (secondary N) is 2. The highest BCUT2D eigenvalue weighted by molar-refractivity contribution is 7.89. The molecule has 0 heterocycles. The highest BCUT2D eigenvalue weighted by atomic mass is 32.2. The van der Waals surface area contributed by atoms with Gasteiger partial charge in [-0.1, -0.05) is 6.07 Å². The number of nitrogens with zero attached hydrogens (tertiary/aromatic N) is 1. The minimum Gasteiger partial charge on any atom is -0.490 e. The average molecular weight is 523 g/mol. The van der Waals surface area contributed by atoms with Gasteiger partial charge in [0.1, 0.15) is 6.04 Å². The fourth-order valence-corrected chi connectivity index (χ4v) is 3.64. The lowest BCUT2D eigenvalue weighted by Gasteiger charge is -2.17. The van der Waals surface area contributed by atoms with E-state index >= 15 is 0 Å². The fourth-order valence-electron chi connectivity index (χ4n) is 3.12. The second-order valence-electron chi connectivity index (χ2n) is 7.46. The highest BCUT2D eigenvalue weighted by Crippen LogP contribution is 2.28. The van der Waals surface area contributed by atoms with E-state index in [1.165, 1.54) is 49.6 Å². The number of hydrogen-bond acceptors (Lipinski definition) is 9. The number of anilines is 1. The Hall–Kier alpha value is -4.04. The predicted octanol–water partition coefficient (Wildman–Crippen LogP) is 1.26. The van der Waals surface area contributed by atoms with Crippen molar-refractivity contribution < 1.29 is 37.2 Å². The molecule has 0 aromatic heterocycles. The maximum absolute atomic E-state index is 12.4. The molecule has 0 aliphatic rings. The van der Waals surface area contributed by atoms with E-state index in [-0.39, 0.29) is 42.2 Å². The highest BCUT2D eigenvalue weighted by Gasteiger charge is 2.25. The van der Waals surface area contributed by atoms with Crippen LogP contribution in [-0.2, 0) is 35.6 Å². The van der Waals surface area contributed by atoms with Crippen LogP contribution >= 0.6 is 0 Å². The Kier molecular flexibility index (Phi) is 9.87. The van der Waals surface area contributed by atoms with E-state index in [4.69, 9.17) is 14.6 Å². The lowest BCUT2D eigenvalue weighted by Crippen LogP contribution is -2.43. The normalized spacial score (nSPS) is 11.8. The van der Waals surface area contributed by atoms with Crippen LogP contribution in [0.3, 0.4) is 0 Å². The van der Waals surface area contributed by atoms with Crippen molar-refractivity contribution in [2.75, 3.05) is 19.0 Å². The zero-order valence-corrected chi connectivity index (χ0v) is 20.4. The molecule has 0 bridgehead atoms. The van der Waals surface area contributed by atoms with Gasteiger partial charge in [-0.25, -0.2) is 18.4 Å². The van der Waals surface area contributed by atoms with Crippen molar-refractivity contribution in [2.24, 2.45) is 5.14 Å². The van der Waals surface area contributed by atoms with Crippen LogP contribution in [-0.4, -0.2) is 50.9 Å². The van der Waals surface area contributed by atoms with Crippen molar-refractivity contribution in [3.8, 4) is 5.75 Å². The van der Waals surface area contributed by atoms with Crippen LogP contribution in [0.5, 0.6) is 5.75 Å². The third kappa shape index (κ3) is 8.32. The van der Waals surface area contributed by atoms with Crippen LogP contribution in [0.25, 0.3) is 0 Å². The number of nitrogens with two attached hydrogens (primary N) is 1. The van der Waals surface area contributed by atoms with Crippen LogP contribution in [0.4, 0.5) is 11.4 Å². The summed E-state index contributed by atoms with van der Waals surface area (Å²) in [5, 5.41) is 21.3. The first kappa shape index (κ1) is 28.2. The summed E-state index contributed by atoms with van der Waals surface area (Å²) >= 11 is 0. The number of nitro groups is 1. The maximum atomic E-state index is 12.4. The molecule has 0 spiro atoms. The second kappa shape index (κ2) is 12.6. The largest absolute Gasteiger partial charge is 0.490 e. The van der Waals surface area contributed by atoms with Crippen molar-refractivity contribution in [3.05, 3.63) is 58.1 Å². The first-order chi connectivity index (χ1) is 16.9. The summed E-state index contributed by atoms with van der Waals surface area (Å²) in [5.41, 5.74) is 0.401. The van der Waals surface area contributed by atoms with Crippen LogP contribution in [0, 0.1) is 10.1 Å². The van der Waals surface area contributed by atoms with Crippen LogP contribution in [0.15, 0.2) is 47.4 Å². The number of rotatable bonds is 12. The Morgan fingerprint density at radius 3 is 2.28 bits per heavy atom. The number of hydrogen-bond donors (Lipinski definition) is 3. The van der Waals surface area contributed by atoms with Gasteiger partial charge in [-0.2, -0.15) is 0 Å². The molecular weight excluding hydrogens is 496 g/mol. The number of nitro benzene ring substituents is 1. The van der Waals surface area contributed by atoms with E-state index in [9.17, 15) is 32.9 Å². The number of amides is 2. The van der Waals surface area contributed by atoms with E-state index in [1.54, 1.807) is 6.92 Å². The lowest BCUT2D eigenvalue weighted by molar-refractivity contribution is -0.385. The molecule has 1 unspecified atom stereocenters. The molecule has 4 N–H and O–H groups in total. The second-order valence-corrected chi connectivity index (χ2v) is 9.02. The summed E-state index contributed by atoms with van der Waals surface area (Å²) in [6.07, 6.45) is -0.579. The molecule has 2 aromatic rings. The van der Waals surface area contributed by atoms with Crippen molar-refractivity contribution in [1.82, 2.24) is 5.32 Å². The summed E-state index contributed by atoms with van der Waals surface area (Å²) in [6.45, 7) is 1.65. The molecule has 13 nitrogen and oxygen atoms in total. The molecule has 2 aromatic carbocycles. The Labute approximate surface area is 207 Å². The van der Waals surface area contributed by atoms with Gasteiger partial charge >= 0.3 is 11.7 Å². The Balaban J connectivity index is 2.00. The van der Waals surface area contributed by atoms with Crippen molar-refractivity contribution >= 4 is 39.2 Å². The molecule has 36 heavy (non-hydrogen) atoms. The van der Waals surface area contributed by atoms with E-state index in [0.717, 1.165) is 0 Å². The predicted molar refractivity (Wildman–Crippen MR) is 128 cm³/mol. The van der Waals surface area contributed by atoms with Gasteiger partial charge in [-0.3, -0.25) is 19.7 Å². The standard InChI is InChI=1S/C22H26N4O9S/c1-3-35-22(29)17(12-14-4-9-19(34-2)18(13-14)26(30)31)25-21(28)11-10-20(27)24-15-5-7-16(8-6-15)36(23,32)33/h4-9,13,17H,3,10-12H2,1-2H3,(H,24,27)(H,25,28)(H2,23,32,33). The fraction of sp³-hybridized carbons (Fsp3) is 0.318. The number of sulfonamides is 1. The minimum atomic E-state index is -3.87. The zero-order valence-electron chi connectivity index (χ0n) is 19.6. The topological polar surface area (TPSA) is 197 Å². The molecular formula is C22H26N4O9S. The molecule has 1 atom stereocenters. The van der Waals surface area contributed by atoms with Gasteiger partial charge in [0.2, 0.25) is 21.8 Å². The van der Waals surface area contributed by atoms with Crippen molar-refractivity contribution in [2.45, 2.75) is 37.1 Å². The molecule has 0 fully saturated rings. The van der Waals surface area contributed by atoms with E-state index in [1.807, 2.05) is 0 Å². The number of esters is 1. The molecule has 2 amide bonds. The van der Waals surface area contributed by atoms with E-state index in [2.05, 4.69) is 10.6 Å². The lowest BCUT2D eigenvalue weighted by atomic mass is 10.0. The maximum Gasteiger partial charge on any atom is 0.328 e. The molecule has 0 saturated heterocycles. The number of primary sulfonamides is 1. The number of ether oxygens (including phenoxy) is 2. The minimum absolute atomic E-state index is 0.0470. The molecule has 14 heteroatoms. The molecule has 0 radical (unpaired) electrons. The van der Waals surface area contributed by atoms with Crippen LogP contribution in [0.1, 0.15) is 25.3 Å². The van der Waals surface area contributed by atoms with Crippen LogP contribution in [0.2, 0.25) is 0 Å². The monoisotopic (exact) mass is 522 g/mol. The Morgan fingerprint density at radius 1 is 1.08 bits per heavy atom. The first-order valence-corrected chi connectivity index (χ1v) is 12.2. The summed E-state index contributed by atoms with van der Waals surface area (Å²) in [6, 6.07) is 8.17. The molecule has 0 aliphatic heterocycles. The third-order valence-electron chi connectivity index (χ3n) is 4.83. The Bertz CT molecular complexity index is 1230. The SMILES string of the molecule is CCOC(=O)C(Cc1ccc(OC)c([N+](=O)[O-])c1)NC(=O)CCC(=O)Nc1ccc(S(N)(=O)=O)cc1. The van der Waals surface area contributed by atoms with Gasteiger partial charge in [0.15, 0.2) is 5.75 Å². The Morgan fingerprint density at radius 2 is 1.72 bits per heavy atom. The van der Waals surface area contributed by atoms with Gasteiger partial charge in [-0.15, -0.1) is 0 Å². The van der Waals surface area contributed by atoms with Gasteiger partial charge in [0.25, 0.3) is 0 Å².